The van der Waals surface area contributed by atoms with E-state index >= 15 is 0 Å². The molecule has 0 aliphatic heterocycles. The third kappa shape index (κ3) is 3.95. The highest BCUT2D eigenvalue weighted by atomic mass is 32.1. The zero-order valence-corrected chi connectivity index (χ0v) is 28.7. The van der Waals surface area contributed by atoms with E-state index in [2.05, 4.69) is 78.9 Å². The van der Waals surface area contributed by atoms with Crippen LogP contribution in [-0.4, -0.2) is 15.0 Å². The number of hydrogen-bond acceptors (Lipinski definition) is 6. The van der Waals surface area contributed by atoms with E-state index in [4.69, 9.17) is 26.4 Å². The van der Waals surface area contributed by atoms with Crippen LogP contribution < -0.4 is 11.5 Å². The number of fused-ring (bicyclic) bond motifs is 14. The molecule has 0 amide bonds. The van der Waals surface area contributed by atoms with Crippen LogP contribution in [0.5, 0.6) is 0 Å². The SMILES string of the molecule is Nc1ccc2c(c1)C1(c3ccccc3-c3cc(-c4nc(-c5ccccc5)nc(-c5ccccc5)n4)ccc31)c1ccc3sc4ccc(N)cc4c3c1-2. The van der Waals surface area contributed by atoms with Crippen LogP contribution in [0.3, 0.4) is 0 Å². The Hall–Kier alpha value is -6.63. The lowest BCUT2D eigenvalue weighted by Gasteiger charge is -2.30. The lowest BCUT2D eigenvalue weighted by Crippen LogP contribution is -2.26. The number of rotatable bonds is 3. The standard InChI is InChI=1S/C46H29N5S/c47-29-17-21-39-34(24-29)42-40(52-39)22-20-37-41(42)32-18-16-30(48)25-38(32)46(37)35-14-8-7-13-31(35)33-23-28(15-19-36(33)46)45-50-43(26-9-3-1-4-10-26)49-44(51-45)27-11-5-2-6-12-27/h1-25H,47-48H2. The van der Waals surface area contributed by atoms with Gasteiger partial charge in [-0.2, -0.15) is 0 Å². The molecule has 5 nitrogen and oxygen atoms in total. The van der Waals surface area contributed by atoms with Crippen molar-refractivity contribution in [1.82, 2.24) is 15.0 Å². The molecule has 0 bridgehead atoms. The number of anilines is 2. The van der Waals surface area contributed by atoms with Crippen LogP contribution in [0.15, 0.2) is 152 Å². The summed E-state index contributed by atoms with van der Waals surface area (Å²) in [6, 6.07) is 53.1. The second-order valence-electron chi connectivity index (χ2n) is 13.6. The Morgan fingerprint density at radius 3 is 1.77 bits per heavy atom. The van der Waals surface area contributed by atoms with Crippen molar-refractivity contribution in [3.63, 3.8) is 0 Å². The maximum atomic E-state index is 6.65. The van der Waals surface area contributed by atoms with Gasteiger partial charge in [0.2, 0.25) is 0 Å². The maximum absolute atomic E-state index is 6.65. The van der Waals surface area contributed by atoms with Crippen LogP contribution in [0.2, 0.25) is 0 Å². The topological polar surface area (TPSA) is 90.7 Å². The van der Waals surface area contributed by atoms with Gasteiger partial charge >= 0.3 is 0 Å². The van der Waals surface area contributed by atoms with Gasteiger partial charge in [0.05, 0.1) is 5.41 Å². The van der Waals surface area contributed by atoms with Gasteiger partial charge in [0.25, 0.3) is 0 Å². The molecule has 2 aliphatic carbocycles. The molecule has 244 valence electrons. The fraction of sp³-hybridized carbons (Fsp3) is 0.0217. The molecule has 7 aromatic carbocycles. The van der Waals surface area contributed by atoms with E-state index in [0.717, 1.165) is 33.6 Å². The summed E-state index contributed by atoms with van der Waals surface area (Å²) in [5, 5.41) is 2.44. The minimum absolute atomic E-state index is 0.559. The van der Waals surface area contributed by atoms with E-state index in [-0.39, 0.29) is 0 Å². The summed E-state index contributed by atoms with van der Waals surface area (Å²) in [6.45, 7) is 0. The van der Waals surface area contributed by atoms with Crippen LogP contribution in [0.1, 0.15) is 22.3 Å². The Kier molecular flexibility index (Phi) is 5.99. The Morgan fingerprint density at radius 2 is 1.02 bits per heavy atom. The van der Waals surface area contributed by atoms with E-state index in [1.54, 1.807) is 0 Å². The average Bonchev–Trinajstić information content (AvgIpc) is 3.81. The molecule has 1 spiro atoms. The van der Waals surface area contributed by atoms with Gasteiger partial charge in [0.1, 0.15) is 0 Å². The quantitative estimate of drug-likeness (QED) is 0.181. The number of nitrogens with zero attached hydrogens (tertiary/aromatic N) is 3. The summed E-state index contributed by atoms with van der Waals surface area (Å²) in [5.74, 6) is 1.92. The van der Waals surface area contributed by atoms with E-state index in [0.29, 0.717) is 17.5 Å². The fourth-order valence-corrected chi connectivity index (χ4v) is 9.75. The molecule has 11 rings (SSSR count). The number of aromatic nitrogens is 3. The Bertz CT molecular complexity index is 2880. The first-order chi connectivity index (χ1) is 25.6. The normalized spacial score (nSPS) is 15.2. The second-order valence-corrected chi connectivity index (χ2v) is 14.7. The molecule has 1 unspecified atom stereocenters. The minimum Gasteiger partial charge on any atom is -0.399 e. The van der Waals surface area contributed by atoms with Crippen LogP contribution in [0.25, 0.3) is 76.6 Å². The first-order valence-corrected chi connectivity index (χ1v) is 18.2. The van der Waals surface area contributed by atoms with Crippen LogP contribution in [0.4, 0.5) is 11.4 Å². The Labute approximate surface area is 303 Å². The molecule has 2 heterocycles. The number of nitrogen functional groups attached to an aromatic ring is 2. The third-order valence-electron chi connectivity index (χ3n) is 10.8. The Morgan fingerprint density at radius 1 is 0.423 bits per heavy atom. The van der Waals surface area contributed by atoms with Crippen molar-refractivity contribution in [1.29, 1.82) is 0 Å². The van der Waals surface area contributed by atoms with Gasteiger partial charge < -0.3 is 11.5 Å². The van der Waals surface area contributed by atoms with Crippen molar-refractivity contribution in [3.05, 3.63) is 174 Å². The van der Waals surface area contributed by atoms with Gasteiger partial charge in [-0.3, -0.25) is 0 Å². The molecule has 2 aromatic heterocycles. The van der Waals surface area contributed by atoms with Crippen molar-refractivity contribution < 1.29 is 0 Å². The summed E-state index contributed by atoms with van der Waals surface area (Å²) < 4.78 is 2.48. The molecule has 4 N–H and O–H groups in total. The predicted molar refractivity (Wildman–Crippen MR) is 214 cm³/mol. The molecular weight excluding hydrogens is 655 g/mol. The summed E-state index contributed by atoms with van der Waals surface area (Å²) >= 11 is 1.82. The van der Waals surface area contributed by atoms with Crippen LogP contribution >= 0.6 is 11.3 Å². The third-order valence-corrected chi connectivity index (χ3v) is 11.9. The summed E-state index contributed by atoms with van der Waals surface area (Å²) in [7, 11) is 0. The predicted octanol–water partition coefficient (Wildman–Crippen LogP) is 10.7. The van der Waals surface area contributed by atoms with Crippen LogP contribution in [0, 0.1) is 0 Å². The van der Waals surface area contributed by atoms with Crippen molar-refractivity contribution >= 4 is 42.9 Å². The van der Waals surface area contributed by atoms with Gasteiger partial charge in [-0.25, -0.2) is 15.0 Å². The number of hydrogen-bond donors (Lipinski definition) is 2. The molecule has 52 heavy (non-hydrogen) atoms. The van der Waals surface area contributed by atoms with Gasteiger partial charge in [-0.15, -0.1) is 11.3 Å². The first-order valence-electron chi connectivity index (χ1n) is 17.4. The van der Waals surface area contributed by atoms with E-state index < -0.39 is 5.41 Å². The van der Waals surface area contributed by atoms with Gasteiger partial charge in [-0.05, 0) is 87.0 Å². The zero-order valence-electron chi connectivity index (χ0n) is 27.8. The molecule has 9 aromatic rings. The smallest absolute Gasteiger partial charge is 0.164 e. The largest absolute Gasteiger partial charge is 0.399 e. The molecule has 1 atom stereocenters. The van der Waals surface area contributed by atoms with Crippen molar-refractivity contribution in [2.24, 2.45) is 0 Å². The van der Waals surface area contributed by atoms with Crippen molar-refractivity contribution in [3.8, 4) is 56.4 Å². The molecule has 2 aliphatic rings. The van der Waals surface area contributed by atoms with Crippen molar-refractivity contribution in [2.45, 2.75) is 5.41 Å². The molecular formula is C46H29N5S. The fourth-order valence-electron chi connectivity index (χ4n) is 8.66. The average molecular weight is 684 g/mol. The van der Waals surface area contributed by atoms with Gasteiger partial charge in [0, 0.05) is 48.2 Å². The summed E-state index contributed by atoms with van der Waals surface area (Å²) in [6.07, 6.45) is 0. The minimum atomic E-state index is -0.559. The second kappa shape index (κ2) is 10.7. The maximum Gasteiger partial charge on any atom is 0.164 e. The molecule has 0 saturated carbocycles. The van der Waals surface area contributed by atoms with Gasteiger partial charge in [0.15, 0.2) is 17.5 Å². The Balaban J connectivity index is 1.19. The monoisotopic (exact) mass is 683 g/mol. The van der Waals surface area contributed by atoms with E-state index in [1.807, 2.05) is 84.1 Å². The highest BCUT2D eigenvalue weighted by Crippen LogP contribution is 2.65. The highest BCUT2D eigenvalue weighted by molar-refractivity contribution is 7.26. The molecule has 0 radical (unpaired) electrons. The van der Waals surface area contributed by atoms with Crippen LogP contribution in [-0.2, 0) is 5.41 Å². The lowest BCUT2D eigenvalue weighted by molar-refractivity contribution is 0.795. The number of nitrogens with two attached hydrogens (primary N) is 2. The summed E-state index contributed by atoms with van der Waals surface area (Å²) in [4.78, 5) is 15.1. The first kappa shape index (κ1) is 29.1. The van der Waals surface area contributed by atoms with E-state index in [9.17, 15) is 0 Å². The van der Waals surface area contributed by atoms with Crippen molar-refractivity contribution in [2.75, 3.05) is 11.5 Å². The highest BCUT2D eigenvalue weighted by Gasteiger charge is 2.52. The molecule has 0 fully saturated rings. The molecule has 0 saturated heterocycles. The zero-order chi connectivity index (χ0) is 34.6. The molecule has 6 heteroatoms. The number of thiophene rings is 1. The lowest BCUT2D eigenvalue weighted by atomic mass is 9.70. The summed E-state index contributed by atoms with van der Waals surface area (Å²) in [5.41, 5.74) is 26.6. The van der Waals surface area contributed by atoms with E-state index in [1.165, 1.54) is 59.1 Å². The van der Waals surface area contributed by atoms with Gasteiger partial charge in [-0.1, -0.05) is 109 Å². The number of benzene rings is 7.